The number of hydrogen-bond donors (Lipinski definition) is 4. The molecule has 0 spiro atoms. The lowest BCUT2D eigenvalue weighted by Crippen LogP contribution is -2.42. The van der Waals surface area contributed by atoms with E-state index in [2.05, 4.69) is 35.6 Å². The summed E-state index contributed by atoms with van der Waals surface area (Å²) >= 11 is 0. The number of para-hydroxylation sites is 2. The molecule has 0 heterocycles. The number of ether oxygens (including phenoxy) is 3. The fourth-order valence-corrected chi connectivity index (χ4v) is 5.40. The Kier molecular flexibility index (Phi) is 19.4. The van der Waals surface area contributed by atoms with Crippen molar-refractivity contribution in [1.82, 2.24) is 21.7 Å². The van der Waals surface area contributed by atoms with E-state index in [1.165, 1.54) is 56.7 Å². The zero-order chi connectivity index (χ0) is 38.3. The summed E-state index contributed by atoms with van der Waals surface area (Å²) in [5, 5.41) is 0. The smallest absolute Gasteiger partial charge is 0.273 e. The van der Waals surface area contributed by atoms with Crippen molar-refractivity contribution in [1.29, 1.82) is 0 Å². The van der Waals surface area contributed by atoms with Crippen molar-refractivity contribution in [3.8, 4) is 17.2 Å². The first kappa shape index (κ1) is 42.4. The molecule has 0 saturated carbocycles. The van der Waals surface area contributed by atoms with Crippen LogP contribution in [-0.4, -0.2) is 43.4 Å². The molecule has 0 aliphatic rings. The molecule has 0 saturated heterocycles. The van der Waals surface area contributed by atoms with Crippen LogP contribution in [0.5, 0.6) is 17.2 Å². The van der Waals surface area contributed by atoms with Crippen LogP contribution in [0.4, 0.5) is 0 Å². The van der Waals surface area contributed by atoms with Crippen molar-refractivity contribution < 1.29 is 33.4 Å². The van der Waals surface area contributed by atoms with Gasteiger partial charge in [-0.05, 0) is 61.2 Å². The van der Waals surface area contributed by atoms with Crippen LogP contribution in [0.1, 0.15) is 146 Å². The Morgan fingerprint density at radius 3 is 1.34 bits per heavy atom. The Morgan fingerprint density at radius 2 is 0.906 bits per heavy atom. The van der Waals surface area contributed by atoms with E-state index >= 15 is 0 Å². The molecule has 0 aliphatic heterocycles. The van der Waals surface area contributed by atoms with E-state index in [-0.39, 0.29) is 33.9 Å². The average molecular weight is 731 g/mol. The van der Waals surface area contributed by atoms with Gasteiger partial charge >= 0.3 is 0 Å². The third kappa shape index (κ3) is 15.6. The molecule has 3 aromatic rings. The van der Waals surface area contributed by atoms with Gasteiger partial charge in [0.2, 0.25) is 0 Å². The van der Waals surface area contributed by atoms with Crippen molar-refractivity contribution in [3.05, 3.63) is 89.0 Å². The maximum atomic E-state index is 13.3. The van der Waals surface area contributed by atoms with Crippen molar-refractivity contribution in [2.45, 2.75) is 105 Å². The van der Waals surface area contributed by atoms with E-state index in [0.29, 0.717) is 31.3 Å². The Bertz CT molecular complexity index is 1490. The summed E-state index contributed by atoms with van der Waals surface area (Å²) in [4.78, 5) is 52.8. The summed E-state index contributed by atoms with van der Waals surface area (Å²) in [6.45, 7) is 9.61. The second-order valence-corrected chi connectivity index (χ2v) is 13.5. The first-order valence-corrected chi connectivity index (χ1v) is 19.2. The molecule has 288 valence electrons. The molecular formula is C42H58N4O7. The van der Waals surface area contributed by atoms with Crippen LogP contribution in [-0.2, 0) is 0 Å². The highest BCUT2D eigenvalue weighted by molar-refractivity contribution is 6.04. The van der Waals surface area contributed by atoms with Gasteiger partial charge in [-0.1, -0.05) is 116 Å². The fourth-order valence-electron chi connectivity index (χ4n) is 5.40. The van der Waals surface area contributed by atoms with Crippen LogP contribution < -0.4 is 35.9 Å². The summed E-state index contributed by atoms with van der Waals surface area (Å²) in [5.41, 5.74) is 10.4. The highest BCUT2D eigenvalue weighted by Crippen LogP contribution is 2.21. The Morgan fingerprint density at radius 1 is 0.509 bits per heavy atom. The maximum absolute atomic E-state index is 13.3. The van der Waals surface area contributed by atoms with E-state index < -0.39 is 23.6 Å². The molecule has 11 heteroatoms. The molecule has 0 aromatic heterocycles. The van der Waals surface area contributed by atoms with Crippen LogP contribution in [0, 0.1) is 5.92 Å². The second kappa shape index (κ2) is 24.2. The van der Waals surface area contributed by atoms with Crippen LogP contribution in [0.25, 0.3) is 0 Å². The van der Waals surface area contributed by atoms with E-state index in [1.807, 2.05) is 13.8 Å². The number of carbonyl (C=O) groups excluding carboxylic acids is 4. The Balaban J connectivity index is 1.62. The minimum absolute atomic E-state index is 0.0593. The van der Waals surface area contributed by atoms with E-state index in [4.69, 9.17) is 14.2 Å². The van der Waals surface area contributed by atoms with Gasteiger partial charge in [0.15, 0.2) is 0 Å². The molecule has 0 fully saturated rings. The van der Waals surface area contributed by atoms with Crippen molar-refractivity contribution >= 4 is 23.6 Å². The lowest BCUT2D eigenvalue weighted by molar-refractivity contribution is 0.0839. The van der Waals surface area contributed by atoms with E-state index in [0.717, 1.165) is 38.5 Å². The van der Waals surface area contributed by atoms with Crippen molar-refractivity contribution in [3.63, 3.8) is 0 Å². The number of nitrogens with one attached hydrogen (secondary N) is 4. The topological polar surface area (TPSA) is 144 Å². The summed E-state index contributed by atoms with van der Waals surface area (Å²) in [6.07, 6.45) is 13.4. The lowest BCUT2D eigenvalue weighted by atomic mass is 10.1. The molecule has 0 radical (unpaired) electrons. The number of unbranched alkanes of at least 4 members (excludes halogenated alkanes) is 10. The van der Waals surface area contributed by atoms with Gasteiger partial charge in [0.05, 0.1) is 30.9 Å². The largest absolute Gasteiger partial charge is 0.493 e. The van der Waals surface area contributed by atoms with E-state index in [9.17, 15) is 19.2 Å². The first-order valence-electron chi connectivity index (χ1n) is 19.2. The van der Waals surface area contributed by atoms with Crippen molar-refractivity contribution in [2.24, 2.45) is 5.92 Å². The van der Waals surface area contributed by atoms with Crippen molar-refractivity contribution in [2.75, 3.05) is 19.8 Å². The third-order valence-corrected chi connectivity index (χ3v) is 8.37. The normalized spacial score (nSPS) is 10.7. The molecule has 0 unspecified atom stereocenters. The number of amides is 4. The number of carbonyl (C=O) groups is 4. The minimum Gasteiger partial charge on any atom is -0.493 e. The van der Waals surface area contributed by atoms with Crippen LogP contribution in [0.2, 0.25) is 0 Å². The lowest BCUT2D eigenvalue weighted by Gasteiger charge is -2.15. The van der Waals surface area contributed by atoms with Gasteiger partial charge in [0.25, 0.3) is 23.6 Å². The molecule has 0 bridgehead atoms. The average Bonchev–Trinajstić information content (AvgIpc) is 3.17. The summed E-state index contributed by atoms with van der Waals surface area (Å²) < 4.78 is 17.7. The number of hydrogen-bond acceptors (Lipinski definition) is 7. The summed E-state index contributed by atoms with van der Waals surface area (Å²) in [6, 6.07) is 18.0. The quantitative estimate of drug-likeness (QED) is 0.0567. The number of benzene rings is 3. The molecule has 0 atom stereocenters. The van der Waals surface area contributed by atoms with Gasteiger partial charge in [-0.2, -0.15) is 0 Å². The predicted molar refractivity (Wildman–Crippen MR) is 207 cm³/mol. The maximum Gasteiger partial charge on any atom is 0.273 e. The van der Waals surface area contributed by atoms with Gasteiger partial charge < -0.3 is 14.2 Å². The van der Waals surface area contributed by atoms with Gasteiger partial charge in [-0.25, -0.2) is 0 Å². The molecular weight excluding hydrogens is 672 g/mol. The van der Waals surface area contributed by atoms with Crippen LogP contribution in [0.3, 0.4) is 0 Å². The third-order valence-electron chi connectivity index (χ3n) is 8.37. The highest BCUT2D eigenvalue weighted by atomic mass is 16.5. The van der Waals surface area contributed by atoms with Crippen LogP contribution in [0.15, 0.2) is 66.7 Å². The monoisotopic (exact) mass is 730 g/mol. The Hall–Kier alpha value is -5.06. The molecule has 3 rings (SSSR count). The molecule has 0 aliphatic carbocycles. The zero-order valence-corrected chi connectivity index (χ0v) is 31.9. The fraction of sp³-hybridized carbons (Fsp3) is 0.476. The second-order valence-electron chi connectivity index (χ2n) is 13.5. The standard InChI is InChI=1S/C42H58N4O7/c1-5-7-9-11-13-19-25-51-37-23-17-15-21-35(37)41(49)45-43-39(47)32-27-33(29-34(28-32)53-30-31(3)4)40(48)44-46-42(50)36-22-16-18-24-38(36)52-26-20-14-12-10-8-6-2/h15-18,21-24,27-29,31H,5-14,19-20,25-26,30H2,1-4H3,(H,43,47)(H,44,48)(H,45,49)(H,46,50). The zero-order valence-electron chi connectivity index (χ0n) is 31.9. The van der Waals surface area contributed by atoms with Gasteiger partial charge in [0.1, 0.15) is 17.2 Å². The minimum atomic E-state index is -0.673. The molecule has 11 nitrogen and oxygen atoms in total. The number of rotatable bonds is 23. The predicted octanol–water partition coefficient (Wildman–Crippen LogP) is 8.35. The van der Waals surface area contributed by atoms with Gasteiger partial charge in [-0.3, -0.25) is 40.9 Å². The van der Waals surface area contributed by atoms with Gasteiger partial charge in [0, 0.05) is 11.1 Å². The number of hydrazine groups is 2. The summed E-state index contributed by atoms with van der Waals surface area (Å²) in [7, 11) is 0. The van der Waals surface area contributed by atoms with Crippen LogP contribution >= 0.6 is 0 Å². The van der Waals surface area contributed by atoms with E-state index in [1.54, 1.807) is 48.5 Å². The summed E-state index contributed by atoms with van der Waals surface area (Å²) in [5.74, 6) is -1.16. The Labute approximate surface area is 314 Å². The molecule has 4 N–H and O–H groups in total. The molecule has 53 heavy (non-hydrogen) atoms. The highest BCUT2D eigenvalue weighted by Gasteiger charge is 2.19. The SMILES string of the molecule is CCCCCCCCOc1ccccc1C(=O)NNC(=O)c1cc(OCC(C)C)cc(C(=O)NNC(=O)c2ccccc2OCCCCCCCC)c1. The molecule has 3 aromatic carbocycles. The van der Waals surface area contributed by atoms with Gasteiger partial charge in [-0.15, -0.1) is 0 Å². The first-order chi connectivity index (χ1) is 25.7. The molecule has 4 amide bonds.